The van der Waals surface area contributed by atoms with Crippen molar-refractivity contribution in [3.8, 4) is 0 Å². The molecule has 0 spiro atoms. The molecule has 0 radical (unpaired) electrons. The van der Waals surface area contributed by atoms with Crippen molar-refractivity contribution in [2.45, 2.75) is 39.2 Å². The molecular weight excluding hydrogens is 236 g/mol. The van der Waals surface area contributed by atoms with E-state index >= 15 is 0 Å². The quantitative estimate of drug-likeness (QED) is 0.310. The fourth-order valence-corrected chi connectivity index (χ4v) is 0.967. The monoisotopic (exact) mass is 256 g/mol. The minimum absolute atomic E-state index is 0.251. The Kier molecular flexibility index (Phi) is 8.57. The van der Waals surface area contributed by atoms with E-state index in [2.05, 4.69) is 6.58 Å². The molecule has 0 aromatic heterocycles. The van der Waals surface area contributed by atoms with Crippen LogP contribution in [0.3, 0.4) is 0 Å². The van der Waals surface area contributed by atoms with Crippen LogP contribution in [0.4, 0.5) is 0 Å². The summed E-state index contributed by atoms with van der Waals surface area (Å²) in [6.07, 6.45) is 3.25. The highest BCUT2D eigenvalue weighted by molar-refractivity contribution is 5.92. The van der Waals surface area contributed by atoms with Gasteiger partial charge in [-0.25, -0.2) is 9.59 Å². The predicted octanol–water partition coefficient (Wildman–Crippen LogP) is 1.71. The maximum Gasteiger partial charge on any atom is 0.374 e. The second-order valence-electron chi connectivity index (χ2n) is 3.62. The van der Waals surface area contributed by atoms with Crippen LogP contribution in [0, 0.1) is 0 Å². The molecule has 5 heteroatoms. The normalized spacial score (nSPS) is 12.7. The summed E-state index contributed by atoms with van der Waals surface area (Å²) in [6, 6.07) is 0. The number of hydrogen-bond donors (Lipinski definition) is 1. The summed E-state index contributed by atoms with van der Waals surface area (Å²) in [5.41, 5.74) is 0. The number of rotatable bonds is 8. The Balaban J connectivity index is 4.64. The zero-order chi connectivity index (χ0) is 14.0. The number of esters is 2. The highest BCUT2D eigenvalue weighted by atomic mass is 16.6. The SMILES string of the molecule is C=CC(=O)O/C(=C\C(O)CC)C(=O)OCCCC. The fraction of sp³-hybridized carbons (Fsp3) is 0.538. The lowest BCUT2D eigenvalue weighted by Gasteiger charge is -2.09. The molecule has 1 atom stereocenters. The van der Waals surface area contributed by atoms with E-state index in [4.69, 9.17) is 9.47 Å². The van der Waals surface area contributed by atoms with Gasteiger partial charge in [-0.2, -0.15) is 0 Å². The van der Waals surface area contributed by atoms with Gasteiger partial charge in [0.05, 0.1) is 12.7 Å². The van der Waals surface area contributed by atoms with E-state index in [9.17, 15) is 14.7 Å². The second kappa shape index (κ2) is 9.41. The summed E-state index contributed by atoms with van der Waals surface area (Å²) in [5, 5.41) is 9.43. The van der Waals surface area contributed by atoms with Crippen molar-refractivity contribution in [1.29, 1.82) is 0 Å². The van der Waals surface area contributed by atoms with Gasteiger partial charge in [0.15, 0.2) is 0 Å². The Morgan fingerprint density at radius 2 is 2.06 bits per heavy atom. The van der Waals surface area contributed by atoms with Crippen molar-refractivity contribution < 1.29 is 24.2 Å². The summed E-state index contributed by atoms with van der Waals surface area (Å²) in [5.74, 6) is -1.83. The number of aliphatic hydroxyl groups is 1. The Morgan fingerprint density at radius 3 is 2.56 bits per heavy atom. The summed E-state index contributed by atoms with van der Waals surface area (Å²) in [7, 11) is 0. The van der Waals surface area contributed by atoms with Gasteiger partial charge in [0.2, 0.25) is 5.76 Å². The Morgan fingerprint density at radius 1 is 1.39 bits per heavy atom. The lowest BCUT2D eigenvalue weighted by Crippen LogP contribution is -2.16. The van der Waals surface area contributed by atoms with Crippen molar-refractivity contribution in [3.05, 3.63) is 24.5 Å². The van der Waals surface area contributed by atoms with E-state index < -0.39 is 18.0 Å². The average molecular weight is 256 g/mol. The Bertz CT molecular complexity index is 319. The molecule has 0 saturated heterocycles. The van der Waals surface area contributed by atoms with E-state index in [1.807, 2.05) is 6.92 Å². The minimum atomic E-state index is -0.864. The lowest BCUT2D eigenvalue weighted by atomic mass is 10.2. The van der Waals surface area contributed by atoms with Crippen LogP contribution >= 0.6 is 0 Å². The molecular formula is C13H20O5. The van der Waals surface area contributed by atoms with Gasteiger partial charge in [-0.1, -0.05) is 26.8 Å². The first-order valence-electron chi connectivity index (χ1n) is 5.96. The van der Waals surface area contributed by atoms with Crippen molar-refractivity contribution in [3.63, 3.8) is 0 Å². The summed E-state index contributed by atoms with van der Waals surface area (Å²) in [6.45, 7) is 7.18. The number of aliphatic hydroxyl groups excluding tert-OH is 1. The Labute approximate surface area is 107 Å². The maximum atomic E-state index is 11.6. The summed E-state index contributed by atoms with van der Waals surface area (Å²) < 4.78 is 9.64. The molecule has 0 fully saturated rings. The lowest BCUT2D eigenvalue weighted by molar-refractivity contribution is -0.149. The minimum Gasteiger partial charge on any atom is -0.460 e. The number of hydrogen-bond acceptors (Lipinski definition) is 5. The molecule has 0 aromatic carbocycles. The van der Waals surface area contributed by atoms with E-state index in [1.165, 1.54) is 0 Å². The predicted molar refractivity (Wildman–Crippen MR) is 66.5 cm³/mol. The number of unbranched alkanes of at least 4 members (excludes halogenated alkanes) is 1. The van der Waals surface area contributed by atoms with Crippen LogP contribution in [0.2, 0.25) is 0 Å². The molecule has 0 aliphatic carbocycles. The highest BCUT2D eigenvalue weighted by Gasteiger charge is 2.17. The number of carbonyl (C=O) groups excluding carboxylic acids is 2. The highest BCUT2D eigenvalue weighted by Crippen LogP contribution is 2.07. The average Bonchev–Trinajstić information content (AvgIpc) is 2.37. The van der Waals surface area contributed by atoms with Gasteiger partial charge in [0, 0.05) is 6.08 Å². The third kappa shape index (κ3) is 6.85. The number of carbonyl (C=O) groups is 2. The first-order valence-corrected chi connectivity index (χ1v) is 5.96. The van der Waals surface area contributed by atoms with Crippen LogP contribution in [0.15, 0.2) is 24.5 Å². The van der Waals surface area contributed by atoms with Gasteiger partial charge < -0.3 is 14.6 Å². The molecule has 0 aliphatic rings. The summed E-state index contributed by atoms with van der Waals surface area (Å²) >= 11 is 0. The zero-order valence-corrected chi connectivity index (χ0v) is 10.8. The standard InChI is InChI=1S/C13H20O5/c1-4-7-8-17-13(16)11(9-10(14)5-2)18-12(15)6-3/h6,9-10,14H,3-5,7-8H2,1-2H3/b11-9-. The molecule has 18 heavy (non-hydrogen) atoms. The maximum absolute atomic E-state index is 11.6. The molecule has 1 unspecified atom stereocenters. The smallest absolute Gasteiger partial charge is 0.374 e. The fourth-order valence-electron chi connectivity index (χ4n) is 0.967. The molecule has 5 nitrogen and oxygen atoms in total. The van der Waals surface area contributed by atoms with E-state index in [1.54, 1.807) is 6.92 Å². The van der Waals surface area contributed by atoms with Crippen LogP contribution in [-0.2, 0) is 19.1 Å². The molecule has 0 aromatic rings. The first-order chi connectivity index (χ1) is 8.54. The third-order valence-corrected chi connectivity index (χ3v) is 2.07. The van der Waals surface area contributed by atoms with Crippen LogP contribution in [0.1, 0.15) is 33.1 Å². The van der Waals surface area contributed by atoms with Gasteiger partial charge in [-0.05, 0) is 18.9 Å². The van der Waals surface area contributed by atoms with Gasteiger partial charge in [0.25, 0.3) is 0 Å². The van der Waals surface area contributed by atoms with Crippen molar-refractivity contribution in [1.82, 2.24) is 0 Å². The van der Waals surface area contributed by atoms with Gasteiger partial charge in [0.1, 0.15) is 0 Å². The summed E-state index contributed by atoms with van der Waals surface area (Å²) in [4.78, 5) is 22.7. The van der Waals surface area contributed by atoms with Crippen molar-refractivity contribution in [2.75, 3.05) is 6.61 Å². The number of ether oxygens (including phenoxy) is 2. The second-order valence-corrected chi connectivity index (χ2v) is 3.62. The Hall–Kier alpha value is -1.62. The largest absolute Gasteiger partial charge is 0.460 e. The van der Waals surface area contributed by atoms with Gasteiger partial charge in [-0.15, -0.1) is 0 Å². The molecule has 0 aliphatic heterocycles. The molecule has 102 valence electrons. The van der Waals surface area contributed by atoms with Crippen molar-refractivity contribution >= 4 is 11.9 Å². The molecule has 1 N–H and O–H groups in total. The zero-order valence-electron chi connectivity index (χ0n) is 10.8. The van der Waals surface area contributed by atoms with Crippen LogP contribution in [0.25, 0.3) is 0 Å². The van der Waals surface area contributed by atoms with E-state index in [0.29, 0.717) is 6.42 Å². The topological polar surface area (TPSA) is 72.8 Å². The molecule has 0 amide bonds. The molecule has 0 bridgehead atoms. The van der Waals surface area contributed by atoms with Crippen molar-refractivity contribution in [2.24, 2.45) is 0 Å². The van der Waals surface area contributed by atoms with Gasteiger partial charge in [-0.3, -0.25) is 0 Å². The third-order valence-electron chi connectivity index (χ3n) is 2.07. The van der Waals surface area contributed by atoms with Crippen LogP contribution in [-0.4, -0.2) is 29.8 Å². The van der Waals surface area contributed by atoms with Crippen LogP contribution in [0.5, 0.6) is 0 Å². The van der Waals surface area contributed by atoms with E-state index in [-0.39, 0.29) is 12.4 Å². The van der Waals surface area contributed by atoms with Gasteiger partial charge >= 0.3 is 11.9 Å². The molecule has 0 rings (SSSR count). The molecule has 0 heterocycles. The molecule has 0 saturated carbocycles. The first kappa shape index (κ1) is 16.4. The van der Waals surface area contributed by atoms with E-state index in [0.717, 1.165) is 25.0 Å². The van der Waals surface area contributed by atoms with Crippen LogP contribution < -0.4 is 0 Å².